The minimum Gasteiger partial charge on any atom is -0.497 e. The average Bonchev–Trinajstić information content (AvgIpc) is 3.08. The SMILES string of the molecule is COc1ccc(C(=O)Nc2ccc(CC[C@@H]3O[C@H](CCO)[C@@H]([Si](C)(C)O)[C@@H]3C)cc2)cc1. The third-order valence-electron chi connectivity index (χ3n) is 6.41. The van der Waals surface area contributed by atoms with Crippen LogP contribution in [-0.4, -0.2) is 50.1 Å². The number of ether oxygens (including phenoxy) is 2. The minimum atomic E-state index is -2.38. The Labute approximate surface area is 191 Å². The van der Waals surface area contributed by atoms with E-state index in [1.807, 2.05) is 37.4 Å². The molecule has 3 rings (SSSR count). The van der Waals surface area contributed by atoms with Gasteiger partial charge in [-0.3, -0.25) is 4.79 Å². The van der Waals surface area contributed by atoms with Crippen LogP contribution in [0.15, 0.2) is 48.5 Å². The van der Waals surface area contributed by atoms with Crippen molar-refractivity contribution >= 4 is 19.9 Å². The van der Waals surface area contributed by atoms with Crippen LogP contribution in [0.5, 0.6) is 5.75 Å². The summed E-state index contributed by atoms with van der Waals surface area (Å²) in [5.41, 5.74) is 2.63. The Bertz CT molecular complexity index is 879. The number of methoxy groups -OCH3 is 1. The molecule has 0 unspecified atom stereocenters. The van der Waals surface area contributed by atoms with Gasteiger partial charge in [0.1, 0.15) is 5.75 Å². The van der Waals surface area contributed by atoms with Gasteiger partial charge in [0.15, 0.2) is 8.32 Å². The zero-order valence-corrected chi connectivity index (χ0v) is 20.4. The molecule has 1 saturated heterocycles. The molecule has 1 heterocycles. The average molecular weight is 458 g/mol. The largest absolute Gasteiger partial charge is 0.497 e. The number of nitrogens with one attached hydrogen (secondary N) is 1. The van der Waals surface area contributed by atoms with Gasteiger partial charge in [-0.1, -0.05) is 19.1 Å². The van der Waals surface area contributed by atoms with E-state index < -0.39 is 8.32 Å². The first kappa shape index (κ1) is 24.4. The van der Waals surface area contributed by atoms with Crippen molar-refractivity contribution in [2.45, 2.75) is 57.0 Å². The van der Waals surface area contributed by atoms with Gasteiger partial charge in [0.25, 0.3) is 5.91 Å². The first-order valence-electron chi connectivity index (χ1n) is 11.3. The number of amides is 1. The number of carbonyl (C=O) groups is 1. The van der Waals surface area contributed by atoms with E-state index in [1.165, 1.54) is 5.56 Å². The van der Waals surface area contributed by atoms with Crippen LogP contribution in [0.4, 0.5) is 5.69 Å². The number of anilines is 1. The number of aliphatic hydroxyl groups excluding tert-OH is 1. The minimum absolute atomic E-state index is 0.0674. The fraction of sp³-hybridized carbons (Fsp3) is 0.480. The molecule has 3 N–H and O–H groups in total. The lowest BCUT2D eigenvalue weighted by atomic mass is 9.95. The lowest BCUT2D eigenvalue weighted by molar-refractivity contribution is 0.0192. The Kier molecular flexibility index (Phi) is 8.11. The molecule has 0 bridgehead atoms. The van der Waals surface area contributed by atoms with Crippen LogP contribution in [-0.2, 0) is 11.2 Å². The van der Waals surface area contributed by atoms with E-state index in [0.717, 1.165) is 18.5 Å². The molecule has 32 heavy (non-hydrogen) atoms. The second-order valence-corrected chi connectivity index (χ2v) is 13.2. The molecule has 0 spiro atoms. The predicted molar refractivity (Wildman–Crippen MR) is 129 cm³/mol. The summed E-state index contributed by atoms with van der Waals surface area (Å²) in [5.74, 6) is 0.817. The van der Waals surface area contributed by atoms with E-state index >= 15 is 0 Å². The van der Waals surface area contributed by atoms with E-state index in [2.05, 4.69) is 12.2 Å². The highest BCUT2D eigenvalue weighted by Gasteiger charge is 2.49. The van der Waals surface area contributed by atoms with Crippen molar-refractivity contribution < 1.29 is 24.2 Å². The van der Waals surface area contributed by atoms with Crippen molar-refractivity contribution in [3.63, 3.8) is 0 Å². The van der Waals surface area contributed by atoms with E-state index in [9.17, 15) is 14.7 Å². The second-order valence-electron chi connectivity index (χ2n) is 9.18. The number of rotatable bonds is 9. The van der Waals surface area contributed by atoms with Crippen LogP contribution in [0.3, 0.4) is 0 Å². The third-order valence-corrected chi connectivity index (χ3v) is 8.94. The molecule has 0 aliphatic carbocycles. The Morgan fingerprint density at radius 1 is 1.06 bits per heavy atom. The molecule has 2 aromatic rings. The Morgan fingerprint density at radius 3 is 2.28 bits per heavy atom. The van der Waals surface area contributed by atoms with E-state index in [-0.39, 0.29) is 36.2 Å². The van der Waals surface area contributed by atoms with Crippen molar-refractivity contribution in [2.24, 2.45) is 5.92 Å². The first-order valence-corrected chi connectivity index (χ1v) is 14.3. The van der Waals surface area contributed by atoms with Gasteiger partial charge in [-0.2, -0.15) is 0 Å². The lowest BCUT2D eigenvalue weighted by Crippen LogP contribution is -2.40. The summed E-state index contributed by atoms with van der Waals surface area (Å²) in [5, 5.41) is 12.3. The molecule has 6 nitrogen and oxygen atoms in total. The number of hydrogen-bond acceptors (Lipinski definition) is 5. The van der Waals surface area contributed by atoms with Crippen LogP contribution in [0, 0.1) is 5.92 Å². The Hall–Kier alpha value is -2.19. The van der Waals surface area contributed by atoms with Crippen LogP contribution < -0.4 is 10.1 Å². The monoisotopic (exact) mass is 457 g/mol. The maximum Gasteiger partial charge on any atom is 0.255 e. The van der Waals surface area contributed by atoms with Gasteiger partial charge in [0, 0.05) is 23.4 Å². The highest BCUT2D eigenvalue weighted by molar-refractivity contribution is 6.71. The molecule has 4 atom stereocenters. The highest BCUT2D eigenvalue weighted by Crippen LogP contribution is 2.45. The Balaban J connectivity index is 1.56. The first-order chi connectivity index (χ1) is 15.2. The van der Waals surface area contributed by atoms with Gasteiger partial charge in [-0.15, -0.1) is 0 Å². The van der Waals surface area contributed by atoms with Crippen molar-refractivity contribution in [1.82, 2.24) is 0 Å². The molecule has 0 radical (unpaired) electrons. The lowest BCUT2D eigenvalue weighted by Gasteiger charge is -2.30. The molecule has 1 aliphatic heterocycles. The summed E-state index contributed by atoms with van der Waals surface area (Å²) < 4.78 is 11.4. The highest BCUT2D eigenvalue weighted by atomic mass is 28.4. The van der Waals surface area contributed by atoms with Crippen LogP contribution in [0.25, 0.3) is 0 Å². The predicted octanol–water partition coefficient (Wildman–Crippen LogP) is 4.23. The standard InChI is InChI=1S/C25H35NO5Si/c1-17-22(31-23(15-16-27)24(17)32(3,4)29)14-7-18-5-10-20(11-6-18)26-25(28)19-8-12-21(30-2)13-9-19/h5-6,8-13,17,22-24,27,29H,7,14-16H2,1-4H3,(H,26,28)/t17-,22+,23-,24+/m1/s1. The van der Waals surface area contributed by atoms with Gasteiger partial charge in [-0.25, -0.2) is 0 Å². The fourth-order valence-electron chi connectivity index (χ4n) is 4.82. The van der Waals surface area contributed by atoms with Gasteiger partial charge >= 0.3 is 0 Å². The van der Waals surface area contributed by atoms with Crippen LogP contribution >= 0.6 is 0 Å². The van der Waals surface area contributed by atoms with Crippen molar-refractivity contribution in [3.05, 3.63) is 59.7 Å². The third kappa shape index (κ3) is 5.98. The zero-order chi connectivity index (χ0) is 23.3. The van der Waals surface area contributed by atoms with Crippen molar-refractivity contribution in [3.8, 4) is 5.75 Å². The summed E-state index contributed by atoms with van der Waals surface area (Å²) in [6.45, 7) is 6.16. The number of aryl methyl sites for hydroxylation is 1. The van der Waals surface area contributed by atoms with E-state index in [1.54, 1.807) is 31.4 Å². The van der Waals surface area contributed by atoms with Gasteiger partial charge in [0.2, 0.25) is 0 Å². The van der Waals surface area contributed by atoms with Crippen molar-refractivity contribution in [2.75, 3.05) is 19.0 Å². The smallest absolute Gasteiger partial charge is 0.255 e. The molecule has 0 saturated carbocycles. The number of benzene rings is 2. The molecule has 7 heteroatoms. The molecule has 2 aromatic carbocycles. The summed E-state index contributed by atoms with van der Waals surface area (Å²) in [6, 6.07) is 14.9. The maximum absolute atomic E-state index is 12.4. The van der Waals surface area contributed by atoms with E-state index in [0.29, 0.717) is 17.7 Å². The fourth-order valence-corrected chi connectivity index (χ4v) is 7.47. The zero-order valence-electron chi connectivity index (χ0n) is 19.4. The number of aliphatic hydroxyl groups is 1. The quantitative estimate of drug-likeness (QED) is 0.491. The normalized spacial score (nSPS) is 23.2. The van der Waals surface area contributed by atoms with Gasteiger partial charge < -0.3 is 24.7 Å². The van der Waals surface area contributed by atoms with Crippen LogP contribution in [0.2, 0.25) is 18.6 Å². The molecule has 1 amide bonds. The van der Waals surface area contributed by atoms with Crippen LogP contribution in [0.1, 0.15) is 35.7 Å². The molecule has 0 aromatic heterocycles. The van der Waals surface area contributed by atoms with Gasteiger partial charge in [0.05, 0.1) is 19.3 Å². The second kappa shape index (κ2) is 10.6. The van der Waals surface area contributed by atoms with Gasteiger partial charge in [-0.05, 0) is 80.2 Å². The number of hydrogen-bond donors (Lipinski definition) is 3. The molecular formula is C25H35NO5Si. The van der Waals surface area contributed by atoms with E-state index in [4.69, 9.17) is 9.47 Å². The Morgan fingerprint density at radius 2 is 1.72 bits per heavy atom. The topological polar surface area (TPSA) is 88.0 Å². The molecule has 1 aliphatic rings. The molecule has 1 fully saturated rings. The molecule has 174 valence electrons. The summed E-state index contributed by atoms with van der Waals surface area (Å²) in [4.78, 5) is 23.2. The summed E-state index contributed by atoms with van der Waals surface area (Å²) in [7, 11) is -0.783. The molecular weight excluding hydrogens is 422 g/mol. The summed E-state index contributed by atoms with van der Waals surface area (Å²) >= 11 is 0. The number of carbonyl (C=O) groups excluding carboxylic acids is 1. The maximum atomic E-state index is 12.4. The van der Waals surface area contributed by atoms with Crippen molar-refractivity contribution in [1.29, 1.82) is 0 Å². The summed E-state index contributed by atoms with van der Waals surface area (Å²) in [6.07, 6.45) is 2.30.